The minimum atomic E-state index is -0.00263. The fourth-order valence-corrected chi connectivity index (χ4v) is 3.29. The monoisotopic (exact) mass is 344 g/mol. The van der Waals surface area contributed by atoms with Crippen molar-refractivity contribution in [1.29, 1.82) is 0 Å². The summed E-state index contributed by atoms with van der Waals surface area (Å²) < 4.78 is 0. The lowest BCUT2D eigenvalue weighted by Crippen LogP contribution is -2.49. The van der Waals surface area contributed by atoms with Gasteiger partial charge in [-0.25, -0.2) is 9.97 Å². The Hall–Kier alpha value is -3.21. The van der Waals surface area contributed by atoms with E-state index in [2.05, 4.69) is 27.0 Å². The van der Waals surface area contributed by atoms with Gasteiger partial charge in [-0.3, -0.25) is 4.79 Å². The molecule has 0 aliphatic carbocycles. The topological polar surface area (TPSA) is 49.3 Å². The van der Waals surface area contributed by atoms with Crippen LogP contribution in [0.1, 0.15) is 10.4 Å². The third-order valence-corrected chi connectivity index (χ3v) is 4.68. The van der Waals surface area contributed by atoms with Crippen molar-refractivity contribution in [1.82, 2.24) is 14.9 Å². The number of piperazine rings is 1. The van der Waals surface area contributed by atoms with Gasteiger partial charge in [0.15, 0.2) is 0 Å². The molecule has 5 nitrogen and oxygen atoms in total. The normalized spacial score (nSPS) is 14.3. The predicted octanol–water partition coefficient (Wildman–Crippen LogP) is 3.11. The maximum absolute atomic E-state index is 13.1. The average Bonchev–Trinajstić information content (AvgIpc) is 2.75. The molecule has 1 fully saturated rings. The van der Waals surface area contributed by atoms with Gasteiger partial charge >= 0.3 is 0 Å². The fourth-order valence-electron chi connectivity index (χ4n) is 3.29. The Morgan fingerprint density at radius 2 is 1.50 bits per heavy atom. The SMILES string of the molecule is O=C(c1cncnc1-c1ccccc1)N1CCN(c2ccccc2)CC1. The van der Waals surface area contributed by atoms with Crippen LogP contribution in [-0.2, 0) is 0 Å². The highest BCUT2D eigenvalue weighted by Gasteiger charge is 2.25. The zero-order valence-electron chi connectivity index (χ0n) is 14.5. The second kappa shape index (κ2) is 7.35. The summed E-state index contributed by atoms with van der Waals surface area (Å²) >= 11 is 0. The van der Waals surface area contributed by atoms with Gasteiger partial charge in [0.05, 0.1) is 11.3 Å². The molecule has 5 heteroatoms. The van der Waals surface area contributed by atoms with Crippen molar-refractivity contribution in [2.45, 2.75) is 0 Å². The van der Waals surface area contributed by atoms with Crippen molar-refractivity contribution in [2.24, 2.45) is 0 Å². The number of carbonyl (C=O) groups excluding carboxylic acids is 1. The van der Waals surface area contributed by atoms with Crippen LogP contribution in [0, 0.1) is 0 Å². The van der Waals surface area contributed by atoms with Gasteiger partial charge in [0.25, 0.3) is 5.91 Å². The van der Waals surface area contributed by atoms with E-state index in [0.717, 1.165) is 18.7 Å². The molecule has 0 N–H and O–H groups in total. The molecule has 130 valence electrons. The molecule has 1 saturated heterocycles. The quantitative estimate of drug-likeness (QED) is 0.732. The minimum absolute atomic E-state index is 0.00263. The lowest BCUT2D eigenvalue weighted by atomic mass is 10.1. The molecule has 4 rings (SSSR count). The average molecular weight is 344 g/mol. The Morgan fingerprint density at radius 3 is 2.19 bits per heavy atom. The molecule has 0 atom stereocenters. The maximum Gasteiger partial charge on any atom is 0.257 e. The molecule has 2 heterocycles. The molecule has 0 unspecified atom stereocenters. The van der Waals surface area contributed by atoms with E-state index in [1.54, 1.807) is 6.20 Å². The summed E-state index contributed by atoms with van der Waals surface area (Å²) in [6.07, 6.45) is 3.12. The highest BCUT2D eigenvalue weighted by Crippen LogP contribution is 2.23. The minimum Gasteiger partial charge on any atom is -0.368 e. The maximum atomic E-state index is 13.1. The third kappa shape index (κ3) is 3.28. The smallest absolute Gasteiger partial charge is 0.257 e. The number of hydrogen-bond acceptors (Lipinski definition) is 4. The predicted molar refractivity (Wildman–Crippen MR) is 102 cm³/mol. The Kier molecular flexibility index (Phi) is 4.60. The van der Waals surface area contributed by atoms with Gasteiger partial charge in [-0.1, -0.05) is 48.5 Å². The summed E-state index contributed by atoms with van der Waals surface area (Å²) in [6, 6.07) is 20.1. The Labute approximate surface area is 152 Å². The van der Waals surface area contributed by atoms with Crippen LogP contribution in [0.5, 0.6) is 0 Å². The molecule has 0 bridgehead atoms. The molecule has 0 saturated carbocycles. The largest absolute Gasteiger partial charge is 0.368 e. The molecule has 1 aromatic heterocycles. The highest BCUT2D eigenvalue weighted by atomic mass is 16.2. The van der Waals surface area contributed by atoms with E-state index in [-0.39, 0.29) is 5.91 Å². The van der Waals surface area contributed by atoms with Gasteiger partial charge in [-0.05, 0) is 12.1 Å². The van der Waals surface area contributed by atoms with Gasteiger partial charge in [0.2, 0.25) is 0 Å². The van der Waals surface area contributed by atoms with Crippen LogP contribution >= 0.6 is 0 Å². The summed E-state index contributed by atoms with van der Waals surface area (Å²) in [5.74, 6) is -0.00263. The first-order chi connectivity index (χ1) is 12.8. The molecular formula is C21H20N4O. The van der Waals surface area contributed by atoms with Crippen LogP contribution in [0.25, 0.3) is 11.3 Å². The van der Waals surface area contributed by atoms with Crippen molar-refractivity contribution in [3.63, 3.8) is 0 Å². The molecule has 2 aromatic carbocycles. The molecule has 1 aliphatic heterocycles. The number of anilines is 1. The first kappa shape index (κ1) is 16.3. The zero-order chi connectivity index (χ0) is 17.8. The molecular weight excluding hydrogens is 324 g/mol. The molecule has 1 amide bonds. The Morgan fingerprint density at radius 1 is 0.846 bits per heavy atom. The van der Waals surface area contributed by atoms with Gasteiger partial charge in [0, 0.05) is 43.6 Å². The van der Waals surface area contributed by atoms with Crippen molar-refractivity contribution >= 4 is 11.6 Å². The summed E-state index contributed by atoms with van der Waals surface area (Å²) in [4.78, 5) is 25.7. The van der Waals surface area contributed by atoms with Crippen LogP contribution in [0.4, 0.5) is 5.69 Å². The number of nitrogens with zero attached hydrogens (tertiary/aromatic N) is 4. The third-order valence-electron chi connectivity index (χ3n) is 4.68. The lowest BCUT2D eigenvalue weighted by molar-refractivity contribution is 0.0746. The Balaban J connectivity index is 1.51. The number of amides is 1. The standard InChI is InChI=1S/C21H20N4O/c26-21(19-15-22-16-23-20(19)17-7-3-1-4-8-17)25-13-11-24(12-14-25)18-9-5-2-6-10-18/h1-10,15-16H,11-14H2. The Bertz CT molecular complexity index is 875. The summed E-state index contributed by atoms with van der Waals surface area (Å²) in [5, 5.41) is 0. The van der Waals surface area contributed by atoms with Gasteiger partial charge in [0.1, 0.15) is 6.33 Å². The summed E-state index contributed by atoms with van der Waals surface area (Å²) in [5.41, 5.74) is 3.39. The van der Waals surface area contributed by atoms with Crippen LogP contribution in [-0.4, -0.2) is 47.0 Å². The van der Waals surface area contributed by atoms with E-state index in [4.69, 9.17) is 0 Å². The number of benzene rings is 2. The van der Waals surface area contributed by atoms with E-state index >= 15 is 0 Å². The van der Waals surface area contributed by atoms with Crippen molar-refractivity contribution in [3.05, 3.63) is 78.8 Å². The molecule has 26 heavy (non-hydrogen) atoms. The number of aromatic nitrogens is 2. The molecule has 0 radical (unpaired) electrons. The van der Waals surface area contributed by atoms with E-state index in [9.17, 15) is 4.79 Å². The van der Waals surface area contributed by atoms with Crippen molar-refractivity contribution in [3.8, 4) is 11.3 Å². The lowest BCUT2D eigenvalue weighted by Gasteiger charge is -2.36. The fraction of sp³-hybridized carbons (Fsp3) is 0.190. The summed E-state index contributed by atoms with van der Waals surface area (Å²) in [6.45, 7) is 3.03. The molecule has 3 aromatic rings. The van der Waals surface area contributed by atoms with Crippen LogP contribution in [0.2, 0.25) is 0 Å². The van der Waals surface area contributed by atoms with Crippen molar-refractivity contribution < 1.29 is 4.79 Å². The molecule has 0 spiro atoms. The summed E-state index contributed by atoms with van der Waals surface area (Å²) in [7, 11) is 0. The van der Waals surface area contributed by atoms with Crippen molar-refractivity contribution in [2.75, 3.05) is 31.1 Å². The van der Waals surface area contributed by atoms with E-state index < -0.39 is 0 Å². The first-order valence-electron chi connectivity index (χ1n) is 8.77. The van der Waals surface area contributed by atoms with Crippen LogP contribution < -0.4 is 4.90 Å². The number of para-hydroxylation sites is 1. The van der Waals surface area contributed by atoms with Crippen LogP contribution in [0.15, 0.2) is 73.2 Å². The van der Waals surface area contributed by atoms with Gasteiger partial charge in [-0.2, -0.15) is 0 Å². The number of carbonyl (C=O) groups is 1. The highest BCUT2D eigenvalue weighted by molar-refractivity contribution is 5.99. The number of rotatable bonds is 3. The second-order valence-electron chi connectivity index (χ2n) is 6.27. The first-order valence-corrected chi connectivity index (χ1v) is 8.77. The van der Waals surface area contributed by atoms with E-state index in [1.165, 1.54) is 12.0 Å². The number of hydrogen-bond donors (Lipinski definition) is 0. The second-order valence-corrected chi connectivity index (χ2v) is 6.27. The zero-order valence-corrected chi connectivity index (χ0v) is 14.5. The van der Waals surface area contributed by atoms with Gasteiger partial charge in [-0.15, -0.1) is 0 Å². The van der Waals surface area contributed by atoms with E-state index in [1.807, 2.05) is 53.4 Å². The van der Waals surface area contributed by atoms with Gasteiger partial charge < -0.3 is 9.80 Å². The van der Waals surface area contributed by atoms with E-state index in [0.29, 0.717) is 24.3 Å². The van der Waals surface area contributed by atoms with Crippen LogP contribution in [0.3, 0.4) is 0 Å². The molecule has 1 aliphatic rings.